The minimum absolute atomic E-state index is 0. The molecule has 0 aliphatic rings. The van der Waals surface area contributed by atoms with Gasteiger partial charge in [-0.1, -0.05) is 84.3 Å². The fourth-order valence-electron chi connectivity index (χ4n) is 6.50. The van der Waals surface area contributed by atoms with E-state index in [1.54, 1.807) is 36.4 Å². The van der Waals surface area contributed by atoms with E-state index in [4.69, 9.17) is 19.8 Å². The molecule has 74 heavy (non-hydrogen) atoms. The largest absolute Gasteiger partial charge is 2.00 e. The van der Waals surface area contributed by atoms with Crippen molar-refractivity contribution in [1.82, 2.24) is 19.8 Å². The normalized spacial score (nSPS) is 11.4. The Kier molecular flexibility index (Phi) is 25.4. The number of pyridine rings is 2. The van der Waals surface area contributed by atoms with Crippen molar-refractivity contribution < 1.29 is 127 Å². The molecule has 0 aliphatic carbocycles. The Balaban J connectivity index is 0.000000631. The SMILES string of the molecule is CC(=O)[O-].CC(=O)[O-].[Cu+2].[Cu+2].[O-]c1c(CN(Cc2ccccn2)Cc2cccc(C(F)(F)F)c2O)cccc1C(F)(F)F.[O-]c1c(CN(Cc2ccccn2)Cc2cccc(C(F)(F)F)c2O)cccc1C(F)(F)F. The Morgan fingerprint density at radius 1 is 0.432 bits per heavy atom. The second kappa shape index (κ2) is 28.8. The molecule has 0 amide bonds. The predicted octanol–water partition coefficient (Wildman–Crippen LogP) is 7.71. The fraction of sp³-hybridized carbons (Fsp3) is 0.250. The third kappa shape index (κ3) is 21.1. The number of phenols is 2. The minimum atomic E-state index is -4.84. The van der Waals surface area contributed by atoms with Gasteiger partial charge in [-0.05, 0) is 61.4 Å². The molecule has 0 saturated heterocycles. The molecule has 26 heteroatoms. The van der Waals surface area contributed by atoms with Crippen LogP contribution in [-0.4, -0.2) is 41.9 Å². The van der Waals surface area contributed by atoms with Crippen LogP contribution < -0.4 is 20.4 Å². The number of aromatic nitrogens is 2. The molecule has 6 rings (SSSR count). The first-order valence-corrected chi connectivity index (χ1v) is 20.5. The number of carboxylic acids is 2. The van der Waals surface area contributed by atoms with Crippen LogP contribution in [0.1, 0.15) is 69.7 Å². The van der Waals surface area contributed by atoms with E-state index in [1.165, 1.54) is 46.5 Å². The Morgan fingerprint density at radius 2 is 0.689 bits per heavy atom. The number of aliphatic carboxylic acids is 2. The van der Waals surface area contributed by atoms with Gasteiger partial charge in [-0.15, -0.1) is 0 Å². The summed E-state index contributed by atoms with van der Waals surface area (Å²) in [6.07, 6.45) is -16.3. The number of rotatable bonds is 12. The fourth-order valence-corrected chi connectivity index (χ4v) is 6.50. The standard InChI is InChI=1S/2C22H18F6N2O2.2C2H4O2.2Cu/c2*23-21(24,25)17-8-3-5-14(19(17)31)11-30(13-16-7-1-2-10-29-16)12-15-6-4-9-18(20(15)32)22(26,27)28;2*1-2(3)4;;/h2*1-10,31-32H,11-13H2;2*1H3,(H,3,4);;/q;;;;2*+2/p-4. The summed E-state index contributed by atoms with van der Waals surface area (Å²) in [7, 11) is 0. The van der Waals surface area contributed by atoms with Crippen molar-refractivity contribution in [1.29, 1.82) is 0 Å². The number of carbonyl (C=O) groups excluding carboxylic acids is 2. The van der Waals surface area contributed by atoms with Gasteiger partial charge in [0.25, 0.3) is 0 Å². The monoisotopic (exact) mass is 1150 g/mol. The molecule has 4 aromatic carbocycles. The summed E-state index contributed by atoms with van der Waals surface area (Å²) >= 11 is 0. The third-order valence-corrected chi connectivity index (χ3v) is 9.45. The van der Waals surface area contributed by atoms with Crippen LogP contribution in [0.4, 0.5) is 52.7 Å². The number of phenolic OH excluding ortho intramolecular Hbond substituents is 2. The van der Waals surface area contributed by atoms with Gasteiger partial charge in [0.15, 0.2) is 0 Å². The summed E-state index contributed by atoms with van der Waals surface area (Å²) in [4.78, 5) is 28.9. The summed E-state index contributed by atoms with van der Waals surface area (Å²) in [5.74, 6) is -6.53. The minimum Gasteiger partial charge on any atom is -0.872 e. The average Bonchev–Trinajstić information content (AvgIpc) is 3.25. The van der Waals surface area contributed by atoms with Gasteiger partial charge >= 0.3 is 58.8 Å². The molecule has 0 unspecified atom stereocenters. The molecule has 0 bridgehead atoms. The molecule has 2 radical (unpaired) electrons. The molecule has 0 saturated carbocycles. The zero-order valence-corrected chi connectivity index (χ0v) is 39.9. The Morgan fingerprint density at radius 3 is 0.946 bits per heavy atom. The van der Waals surface area contributed by atoms with E-state index >= 15 is 0 Å². The number of aromatic hydroxyl groups is 2. The van der Waals surface area contributed by atoms with Crippen LogP contribution in [0.3, 0.4) is 0 Å². The first-order valence-electron chi connectivity index (χ1n) is 20.5. The molecule has 6 aromatic rings. The second-order valence-electron chi connectivity index (χ2n) is 15.1. The van der Waals surface area contributed by atoms with E-state index in [2.05, 4.69) is 9.97 Å². The van der Waals surface area contributed by atoms with Gasteiger partial charge in [-0.2, -0.15) is 52.7 Å². The molecule has 0 spiro atoms. The maximum Gasteiger partial charge on any atom is 2.00 e. The number of halogens is 12. The van der Waals surface area contributed by atoms with E-state index in [1.807, 2.05) is 0 Å². The second-order valence-corrected chi connectivity index (χ2v) is 15.1. The topological polar surface area (TPSA) is 199 Å². The number of carboxylic acid groups (broad SMARTS) is 2. The number of benzene rings is 4. The van der Waals surface area contributed by atoms with Crippen LogP contribution in [0.2, 0.25) is 0 Å². The maximum absolute atomic E-state index is 13.1. The average molecular weight is 1160 g/mol. The molecule has 0 fully saturated rings. The van der Waals surface area contributed by atoms with Crippen molar-refractivity contribution in [3.63, 3.8) is 0 Å². The summed E-state index contributed by atoms with van der Waals surface area (Å²) in [5, 5.41) is 62.8. The molecule has 0 aliphatic heterocycles. The van der Waals surface area contributed by atoms with Crippen molar-refractivity contribution in [2.24, 2.45) is 0 Å². The van der Waals surface area contributed by atoms with Gasteiger partial charge < -0.3 is 40.2 Å². The summed E-state index contributed by atoms with van der Waals surface area (Å²) in [5.41, 5.74) is -4.66. The van der Waals surface area contributed by atoms with Crippen molar-refractivity contribution in [3.8, 4) is 23.0 Å². The quantitative estimate of drug-likeness (QED) is 0.0896. The molecular weight excluding hydrogens is 1120 g/mol. The van der Waals surface area contributed by atoms with E-state index in [9.17, 15) is 73.1 Å². The van der Waals surface area contributed by atoms with Crippen LogP contribution >= 0.6 is 0 Å². The zero-order chi connectivity index (χ0) is 54.2. The van der Waals surface area contributed by atoms with Gasteiger partial charge in [-0.3, -0.25) is 19.8 Å². The van der Waals surface area contributed by atoms with Gasteiger partial charge in [0.1, 0.15) is 11.5 Å². The number of para-hydroxylation sites is 4. The summed E-state index contributed by atoms with van der Waals surface area (Å²) < 4.78 is 157. The van der Waals surface area contributed by atoms with Crippen LogP contribution in [0.5, 0.6) is 23.0 Å². The smallest absolute Gasteiger partial charge is 0.872 e. The number of alkyl halides is 12. The molecular formula is C48H40Cu2F12N4O8. The van der Waals surface area contributed by atoms with Crippen molar-refractivity contribution in [2.45, 2.75) is 77.8 Å². The van der Waals surface area contributed by atoms with Crippen LogP contribution in [-0.2, 0) is 108 Å². The first kappa shape index (κ1) is 65.5. The van der Waals surface area contributed by atoms with Gasteiger partial charge in [-0.25, -0.2) is 0 Å². The van der Waals surface area contributed by atoms with Crippen LogP contribution in [0.15, 0.2) is 122 Å². The Bertz CT molecular complexity index is 2390. The molecule has 2 N–H and O–H groups in total. The van der Waals surface area contributed by atoms with Crippen molar-refractivity contribution >= 4 is 11.9 Å². The van der Waals surface area contributed by atoms with Gasteiger partial charge in [0.05, 0.1) is 22.5 Å². The third-order valence-electron chi connectivity index (χ3n) is 9.45. The zero-order valence-electron chi connectivity index (χ0n) is 38.1. The maximum atomic E-state index is 13.1. The van der Waals surface area contributed by atoms with E-state index in [-0.39, 0.29) is 95.7 Å². The molecule has 2 heterocycles. The van der Waals surface area contributed by atoms with E-state index in [0.717, 1.165) is 50.2 Å². The number of carbonyl (C=O) groups is 2. The van der Waals surface area contributed by atoms with Crippen LogP contribution in [0.25, 0.3) is 0 Å². The molecule has 406 valence electrons. The first-order chi connectivity index (χ1) is 33.4. The van der Waals surface area contributed by atoms with Crippen molar-refractivity contribution in [2.75, 3.05) is 0 Å². The Labute approximate surface area is 435 Å². The summed E-state index contributed by atoms with van der Waals surface area (Å²) in [6, 6.07) is 22.2. The number of nitrogens with zero attached hydrogens (tertiary/aromatic N) is 4. The number of hydrogen-bond donors (Lipinski definition) is 2. The van der Waals surface area contributed by atoms with E-state index in [0.29, 0.717) is 23.5 Å². The predicted molar refractivity (Wildman–Crippen MR) is 224 cm³/mol. The number of hydrogen-bond acceptors (Lipinski definition) is 12. The van der Waals surface area contributed by atoms with Gasteiger partial charge in [0, 0.05) is 85.9 Å². The van der Waals surface area contributed by atoms with Crippen molar-refractivity contribution in [3.05, 3.63) is 177 Å². The van der Waals surface area contributed by atoms with Gasteiger partial charge in [0.2, 0.25) is 0 Å². The Hall–Kier alpha value is -6.56. The van der Waals surface area contributed by atoms with E-state index < -0.39 is 81.9 Å². The molecule has 0 atom stereocenters. The van der Waals surface area contributed by atoms with Crippen LogP contribution in [0, 0.1) is 0 Å². The molecule has 12 nitrogen and oxygen atoms in total. The summed E-state index contributed by atoms with van der Waals surface area (Å²) in [6.45, 7) is 0.868. The molecule has 2 aromatic heterocycles.